The van der Waals surface area contributed by atoms with Gasteiger partial charge in [-0.1, -0.05) is 25.4 Å². The molecule has 21 heavy (non-hydrogen) atoms. The third kappa shape index (κ3) is 3.67. The molecule has 0 bridgehead atoms. The van der Waals surface area contributed by atoms with Crippen molar-refractivity contribution >= 4 is 29.3 Å². The number of rotatable bonds is 5. The molecular weight excluding hydrogens is 292 g/mol. The van der Waals surface area contributed by atoms with Crippen molar-refractivity contribution in [1.29, 1.82) is 0 Å². The summed E-state index contributed by atoms with van der Waals surface area (Å²) in [6.07, 6.45) is 2.27. The number of carbonyl (C=O) groups excluding carboxylic acids is 1. The molecule has 0 unspecified atom stereocenters. The van der Waals surface area contributed by atoms with Gasteiger partial charge in [0.05, 0.1) is 10.6 Å². The number of halogens is 1. The molecule has 6 heteroatoms. The van der Waals surface area contributed by atoms with E-state index in [4.69, 9.17) is 16.7 Å². The van der Waals surface area contributed by atoms with Crippen LogP contribution in [0.15, 0.2) is 18.2 Å². The molecule has 1 fully saturated rings. The maximum atomic E-state index is 11.9. The summed E-state index contributed by atoms with van der Waals surface area (Å²) in [7, 11) is 0. The van der Waals surface area contributed by atoms with Crippen molar-refractivity contribution in [1.82, 2.24) is 5.32 Å². The van der Waals surface area contributed by atoms with Crippen LogP contribution in [0, 0.1) is 11.3 Å². The third-order valence-electron chi connectivity index (χ3n) is 4.17. The Balaban J connectivity index is 1.94. The zero-order valence-electron chi connectivity index (χ0n) is 12.1. The second-order valence-corrected chi connectivity index (χ2v) is 6.23. The highest BCUT2D eigenvalue weighted by atomic mass is 35.5. The summed E-state index contributed by atoms with van der Waals surface area (Å²) in [5, 5.41) is 14.6. The van der Waals surface area contributed by atoms with Crippen LogP contribution in [0.25, 0.3) is 0 Å². The topological polar surface area (TPSA) is 78.4 Å². The quantitative estimate of drug-likeness (QED) is 0.777. The maximum Gasteiger partial charge on any atom is 0.337 e. The van der Waals surface area contributed by atoms with E-state index in [0.29, 0.717) is 18.2 Å². The van der Waals surface area contributed by atoms with Gasteiger partial charge in [-0.05, 0) is 42.4 Å². The van der Waals surface area contributed by atoms with E-state index in [-0.39, 0.29) is 22.0 Å². The van der Waals surface area contributed by atoms with Crippen LogP contribution in [0.4, 0.5) is 10.5 Å². The second kappa shape index (κ2) is 5.93. The highest BCUT2D eigenvalue weighted by Gasteiger charge is 2.45. The monoisotopic (exact) mass is 310 g/mol. The number of carboxylic acid groups (broad SMARTS) is 1. The van der Waals surface area contributed by atoms with Gasteiger partial charge in [0.25, 0.3) is 0 Å². The van der Waals surface area contributed by atoms with Crippen LogP contribution in [0.1, 0.15) is 37.0 Å². The molecular formula is C15H19ClN2O3. The number of nitrogens with one attached hydrogen (secondary N) is 2. The Morgan fingerprint density at radius 1 is 1.38 bits per heavy atom. The van der Waals surface area contributed by atoms with Gasteiger partial charge in [0.2, 0.25) is 0 Å². The number of benzene rings is 1. The predicted molar refractivity (Wildman–Crippen MR) is 81.9 cm³/mol. The lowest BCUT2D eigenvalue weighted by molar-refractivity contribution is 0.0697. The largest absolute Gasteiger partial charge is 0.478 e. The molecule has 1 aliphatic carbocycles. The Labute approximate surface area is 128 Å². The van der Waals surface area contributed by atoms with Gasteiger partial charge >= 0.3 is 12.0 Å². The number of hydrogen-bond acceptors (Lipinski definition) is 2. The van der Waals surface area contributed by atoms with E-state index >= 15 is 0 Å². The maximum absolute atomic E-state index is 11.9. The van der Waals surface area contributed by atoms with Crippen LogP contribution in [-0.4, -0.2) is 23.7 Å². The lowest BCUT2D eigenvalue weighted by Gasteiger charge is -2.20. The molecule has 5 nitrogen and oxygen atoms in total. The lowest BCUT2D eigenvalue weighted by atomic mass is 9.92. The number of aromatic carboxylic acids is 1. The predicted octanol–water partition coefficient (Wildman–Crippen LogP) is 3.60. The molecule has 2 rings (SSSR count). The molecule has 1 saturated carbocycles. The Morgan fingerprint density at radius 2 is 2.05 bits per heavy atom. The van der Waals surface area contributed by atoms with Gasteiger partial charge in [-0.15, -0.1) is 0 Å². The summed E-state index contributed by atoms with van der Waals surface area (Å²) < 4.78 is 0. The lowest BCUT2D eigenvalue weighted by Crippen LogP contribution is -2.35. The minimum Gasteiger partial charge on any atom is -0.478 e. The van der Waals surface area contributed by atoms with Gasteiger partial charge in [-0.25, -0.2) is 9.59 Å². The van der Waals surface area contributed by atoms with E-state index in [9.17, 15) is 9.59 Å². The molecule has 0 heterocycles. The first kappa shape index (κ1) is 15.6. The zero-order chi connectivity index (χ0) is 15.6. The normalized spacial score (nSPS) is 15.6. The number of amides is 2. The standard InChI is InChI=1S/C15H19ClN2O3/c1-9(2)15(5-6-15)8-17-14(21)18-10-3-4-12(16)11(7-10)13(19)20/h3-4,7,9H,5-6,8H2,1-2H3,(H,19,20)(H2,17,18,21). The number of anilines is 1. The number of carbonyl (C=O) groups is 2. The Hall–Kier alpha value is -1.75. The van der Waals surface area contributed by atoms with Crippen molar-refractivity contribution in [2.45, 2.75) is 26.7 Å². The summed E-state index contributed by atoms with van der Waals surface area (Å²) in [5.74, 6) is -0.590. The van der Waals surface area contributed by atoms with E-state index in [1.54, 1.807) is 6.07 Å². The zero-order valence-corrected chi connectivity index (χ0v) is 12.8. The van der Waals surface area contributed by atoms with E-state index in [2.05, 4.69) is 24.5 Å². The van der Waals surface area contributed by atoms with Gasteiger partial charge in [0, 0.05) is 12.2 Å². The molecule has 1 aliphatic rings. The summed E-state index contributed by atoms with van der Waals surface area (Å²) in [6, 6.07) is 4.04. The van der Waals surface area contributed by atoms with Crippen molar-refractivity contribution < 1.29 is 14.7 Å². The fourth-order valence-corrected chi connectivity index (χ4v) is 2.52. The summed E-state index contributed by atoms with van der Waals surface area (Å²) in [4.78, 5) is 22.9. The number of carboxylic acids is 1. The molecule has 114 valence electrons. The van der Waals surface area contributed by atoms with E-state index in [0.717, 1.165) is 12.8 Å². The van der Waals surface area contributed by atoms with Gasteiger partial charge in [0.1, 0.15) is 0 Å². The molecule has 0 saturated heterocycles. The van der Waals surface area contributed by atoms with Crippen molar-refractivity contribution in [2.24, 2.45) is 11.3 Å². The minimum atomic E-state index is -1.12. The van der Waals surface area contributed by atoms with Crippen LogP contribution in [0.3, 0.4) is 0 Å². The molecule has 0 radical (unpaired) electrons. The summed E-state index contributed by atoms with van der Waals surface area (Å²) in [5.41, 5.74) is 0.600. The average Bonchev–Trinajstić information content (AvgIpc) is 3.19. The molecule has 3 N–H and O–H groups in total. The smallest absolute Gasteiger partial charge is 0.337 e. The van der Waals surface area contributed by atoms with E-state index in [1.807, 2.05) is 0 Å². The van der Waals surface area contributed by atoms with Gasteiger partial charge in [-0.3, -0.25) is 0 Å². The summed E-state index contributed by atoms with van der Waals surface area (Å²) >= 11 is 5.78. The van der Waals surface area contributed by atoms with Crippen molar-refractivity contribution in [3.05, 3.63) is 28.8 Å². The van der Waals surface area contributed by atoms with Crippen LogP contribution >= 0.6 is 11.6 Å². The van der Waals surface area contributed by atoms with Crippen LogP contribution in [-0.2, 0) is 0 Å². The number of hydrogen-bond donors (Lipinski definition) is 3. The van der Waals surface area contributed by atoms with Gasteiger partial charge < -0.3 is 15.7 Å². The highest BCUT2D eigenvalue weighted by Crippen LogP contribution is 2.51. The Bertz CT molecular complexity index is 568. The second-order valence-electron chi connectivity index (χ2n) is 5.82. The SMILES string of the molecule is CC(C)C1(CNC(=O)Nc2ccc(Cl)c(C(=O)O)c2)CC1. The fraction of sp³-hybridized carbons (Fsp3) is 0.467. The Morgan fingerprint density at radius 3 is 2.57 bits per heavy atom. The third-order valence-corrected chi connectivity index (χ3v) is 4.50. The molecule has 0 aliphatic heterocycles. The first-order valence-corrected chi connectivity index (χ1v) is 7.29. The van der Waals surface area contributed by atoms with Crippen molar-refractivity contribution in [3.8, 4) is 0 Å². The van der Waals surface area contributed by atoms with Crippen molar-refractivity contribution in [2.75, 3.05) is 11.9 Å². The molecule has 1 aromatic rings. The van der Waals surface area contributed by atoms with Crippen LogP contribution in [0.5, 0.6) is 0 Å². The average molecular weight is 311 g/mol. The molecule has 0 aromatic heterocycles. The first-order chi connectivity index (χ1) is 9.84. The molecule has 2 amide bonds. The fourth-order valence-electron chi connectivity index (χ4n) is 2.32. The molecule has 1 aromatic carbocycles. The Kier molecular flexibility index (Phi) is 4.42. The number of urea groups is 1. The van der Waals surface area contributed by atoms with Crippen LogP contribution in [0.2, 0.25) is 5.02 Å². The van der Waals surface area contributed by atoms with Crippen molar-refractivity contribution in [3.63, 3.8) is 0 Å². The van der Waals surface area contributed by atoms with E-state index < -0.39 is 5.97 Å². The van der Waals surface area contributed by atoms with Gasteiger partial charge in [0.15, 0.2) is 0 Å². The first-order valence-electron chi connectivity index (χ1n) is 6.92. The molecule has 0 atom stereocenters. The van der Waals surface area contributed by atoms with Gasteiger partial charge in [-0.2, -0.15) is 0 Å². The van der Waals surface area contributed by atoms with Crippen LogP contribution < -0.4 is 10.6 Å². The minimum absolute atomic E-state index is 0.0321. The highest BCUT2D eigenvalue weighted by molar-refractivity contribution is 6.33. The summed E-state index contributed by atoms with van der Waals surface area (Å²) in [6.45, 7) is 4.95. The van der Waals surface area contributed by atoms with E-state index in [1.165, 1.54) is 12.1 Å². The molecule has 0 spiro atoms.